The molecule has 5 rings (SSSR count). The fourth-order valence-electron chi connectivity index (χ4n) is 5.13. The largest absolute Gasteiger partial charge is 0.484 e. The number of hydrogen-bond acceptors (Lipinski definition) is 5. The lowest BCUT2D eigenvalue weighted by Gasteiger charge is -2.46. The van der Waals surface area contributed by atoms with Crippen LogP contribution in [0.25, 0.3) is 11.1 Å². The van der Waals surface area contributed by atoms with Gasteiger partial charge in [0.25, 0.3) is 5.91 Å². The number of aryl methyl sites for hydroxylation is 2. The summed E-state index contributed by atoms with van der Waals surface area (Å²) in [6, 6.07) is 12.5. The van der Waals surface area contributed by atoms with Crippen LogP contribution in [0.5, 0.6) is 5.75 Å². The van der Waals surface area contributed by atoms with Crippen molar-refractivity contribution >= 4 is 11.9 Å². The van der Waals surface area contributed by atoms with Gasteiger partial charge in [0, 0.05) is 25.6 Å². The van der Waals surface area contributed by atoms with E-state index in [1.54, 1.807) is 7.05 Å². The number of amides is 1. The summed E-state index contributed by atoms with van der Waals surface area (Å²) in [4.78, 5) is 19.7. The van der Waals surface area contributed by atoms with Crippen LogP contribution in [0, 0.1) is 13.8 Å². The molecule has 0 unspecified atom stereocenters. The molecule has 0 aromatic heterocycles. The first-order chi connectivity index (χ1) is 14.3. The van der Waals surface area contributed by atoms with Crippen LogP contribution < -0.4 is 10.5 Å². The van der Waals surface area contributed by atoms with Gasteiger partial charge in [-0.15, -0.1) is 0 Å². The van der Waals surface area contributed by atoms with Gasteiger partial charge in [0.05, 0.1) is 6.61 Å². The van der Waals surface area contributed by atoms with Crippen molar-refractivity contribution in [2.75, 3.05) is 20.3 Å². The number of nitrogens with zero attached hydrogens (tertiary/aromatic N) is 2. The van der Waals surface area contributed by atoms with E-state index in [2.05, 4.69) is 38.1 Å². The number of hydrogen-bond donors (Lipinski definition) is 1. The Bertz CT molecular complexity index is 1050. The highest BCUT2D eigenvalue weighted by molar-refractivity contribution is 6.07. The van der Waals surface area contributed by atoms with Crippen molar-refractivity contribution in [2.45, 2.75) is 44.2 Å². The van der Waals surface area contributed by atoms with Crippen LogP contribution in [0.15, 0.2) is 41.4 Å². The summed E-state index contributed by atoms with van der Waals surface area (Å²) in [6.45, 7) is 5.36. The molecule has 2 atom stereocenters. The van der Waals surface area contributed by atoms with Crippen molar-refractivity contribution in [2.24, 2.45) is 10.7 Å². The minimum Gasteiger partial charge on any atom is -0.484 e. The molecule has 6 heteroatoms. The van der Waals surface area contributed by atoms with E-state index in [9.17, 15) is 4.79 Å². The molecule has 2 aromatic rings. The van der Waals surface area contributed by atoms with Gasteiger partial charge in [-0.1, -0.05) is 35.4 Å². The Morgan fingerprint density at radius 1 is 1.10 bits per heavy atom. The van der Waals surface area contributed by atoms with Crippen LogP contribution in [-0.2, 0) is 15.1 Å². The van der Waals surface area contributed by atoms with Gasteiger partial charge in [-0.25, -0.2) is 4.99 Å². The first-order valence-electron chi connectivity index (χ1n) is 10.5. The number of aliphatic imine (C=N–C) groups is 1. The van der Waals surface area contributed by atoms with Crippen LogP contribution >= 0.6 is 0 Å². The molecule has 1 saturated heterocycles. The minimum absolute atomic E-state index is 0.105. The van der Waals surface area contributed by atoms with Crippen LogP contribution in [0.4, 0.5) is 0 Å². The molecule has 30 heavy (non-hydrogen) atoms. The molecule has 1 fully saturated rings. The summed E-state index contributed by atoms with van der Waals surface area (Å²) in [5, 5.41) is 0. The Kier molecular flexibility index (Phi) is 4.19. The van der Waals surface area contributed by atoms with E-state index >= 15 is 0 Å². The molecule has 3 aliphatic heterocycles. The molecule has 6 nitrogen and oxygen atoms in total. The molecule has 2 aromatic carbocycles. The second kappa shape index (κ2) is 6.57. The minimum atomic E-state index is -1.07. The molecule has 0 radical (unpaired) electrons. The summed E-state index contributed by atoms with van der Waals surface area (Å²) >= 11 is 0. The zero-order valence-electron chi connectivity index (χ0n) is 17.7. The van der Waals surface area contributed by atoms with Crippen molar-refractivity contribution < 1.29 is 14.3 Å². The van der Waals surface area contributed by atoms with Crippen molar-refractivity contribution in [3.8, 4) is 16.9 Å². The predicted octanol–water partition coefficient (Wildman–Crippen LogP) is 3.28. The van der Waals surface area contributed by atoms with Crippen molar-refractivity contribution in [1.82, 2.24) is 4.90 Å². The Hall–Kier alpha value is -2.86. The number of fused-ring (bicyclic) bond motifs is 2. The van der Waals surface area contributed by atoms with Gasteiger partial charge in [0.1, 0.15) is 11.4 Å². The van der Waals surface area contributed by atoms with E-state index in [0.29, 0.717) is 18.8 Å². The van der Waals surface area contributed by atoms with Crippen LogP contribution in [0.2, 0.25) is 0 Å². The number of likely N-dealkylation sites (N-methyl/N-ethyl adjacent to an activating group) is 1. The molecular weight excluding hydrogens is 378 g/mol. The molecule has 3 heterocycles. The predicted molar refractivity (Wildman–Crippen MR) is 115 cm³/mol. The van der Waals surface area contributed by atoms with Gasteiger partial charge in [0.15, 0.2) is 11.5 Å². The normalized spacial score (nSPS) is 27.9. The molecule has 0 saturated carbocycles. The maximum absolute atomic E-state index is 13.5. The number of rotatable bonds is 1. The fourth-order valence-corrected chi connectivity index (χ4v) is 5.13. The van der Waals surface area contributed by atoms with Gasteiger partial charge < -0.3 is 15.2 Å². The maximum atomic E-state index is 13.5. The van der Waals surface area contributed by atoms with Gasteiger partial charge in [-0.2, -0.15) is 0 Å². The van der Waals surface area contributed by atoms with E-state index in [0.717, 1.165) is 36.1 Å². The van der Waals surface area contributed by atoms with E-state index in [1.807, 2.05) is 12.1 Å². The monoisotopic (exact) mass is 405 g/mol. The number of guanidine groups is 1. The molecule has 156 valence electrons. The van der Waals surface area contributed by atoms with Gasteiger partial charge in [-0.05, 0) is 49.9 Å². The quantitative estimate of drug-likeness (QED) is 0.790. The zero-order valence-corrected chi connectivity index (χ0v) is 17.7. The van der Waals surface area contributed by atoms with E-state index in [1.165, 1.54) is 16.0 Å². The second-order valence-electron chi connectivity index (χ2n) is 8.90. The topological polar surface area (TPSA) is 77.2 Å². The Balaban J connectivity index is 1.69. The molecular formula is C24H27N3O3. The van der Waals surface area contributed by atoms with Crippen molar-refractivity contribution in [3.63, 3.8) is 0 Å². The SMILES string of the molecule is Cc1cc(C)cc(-c2ccc3c(c2)[C@]2(C[C@@]4(CCCOC4)O3)N=C(N)N(C)C2=O)c1. The summed E-state index contributed by atoms with van der Waals surface area (Å²) in [5.74, 6) is 0.837. The highest BCUT2D eigenvalue weighted by Crippen LogP contribution is 2.51. The first kappa shape index (κ1) is 19.1. The Morgan fingerprint density at radius 2 is 1.87 bits per heavy atom. The Labute approximate surface area is 176 Å². The first-order valence-corrected chi connectivity index (χ1v) is 10.5. The van der Waals surface area contributed by atoms with E-state index < -0.39 is 11.1 Å². The molecule has 2 N–H and O–H groups in total. The fraction of sp³-hybridized carbons (Fsp3) is 0.417. The summed E-state index contributed by atoms with van der Waals surface area (Å²) < 4.78 is 12.3. The number of ether oxygens (including phenoxy) is 2. The molecule has 0 aliphatic carbocycles. The lowest BCUT2D eigenvalue weighted by Crippen LogP contribution is -2.55. The summed E-state index contributed by atoms with van der Waals surface area (Å²) in [7, 11) is 1.68. The van der Waals surface area contributed by atoms with Gasteiger partial charge in [0.2, 0.25) is 0 Å². The average molecular weight is 405 g/mol. The summed E-state index contributed by atoms with van der Waals surface area (Å²) in [6.07, 6.45) is 2.17. The highest BCUT2D eigenvalue weighted by Gasteiger charge is 2.58. The molecule has 0 bridgehead atoms. The number of carbonyl (C=O) groups excluding carboxylic acids is 1. The Morgan fingerprint density at radius 3 is 2.50 bits per heavy atom. The van der Waals surface area contributed by atoms with Crippen molar-refractivity contribution in [3.05, 3.63) is 53.1 Å². The maximum Gasteiger partial charge on any atom is 0.261 e. The third-order valence-electron chi connectivity index (χ3n) is 6.48. The van der Waals surface area contributed by atoms with Crippen LogP contribution in [0.1, 0.15) is 36.0 Å². The van der Waals surface area contributed by atoms with E-state index in [4.69, 9.17) is 20.2 Å². The molecule has 3 aliphatic rings. The van der Waals surface area contributed by atoms with Gasteiger partial charge >= 0.3 is 0 Å². The second-order valence-corrected chi connectivity index (χ2v) is 8.90. The summed E-state index contributed by atoms with van der Waals surface area (Å²) in [5.41, 5.74) is 9.83. The standard InChI is InChI=1S/C24H27N3O3/c1-15-9-16(2)11-18(10-15)17-5-6-20-19(12-17)24(21(28)27(3)22(25)26-24)13-23(30-20)7-4-8-29-14-23/h5-6,9-12H,4,7-8,13-14H2,1-3H3,(H2,25,26)/t23-,24+/m1/s1. The lowest BCUT2D eigenvalue weighted by molar-refractivity contribution is -0.139. The zero-order chi connectivity index (χ0) is 21.1. The van der Waals surface area contributed by atoms with Crippen molar-refractivity contribution in [1.29, 1.82) is 0 Å². The number of benzene rings is 2. The lowest BCUT2D eigenvalue weighted by atomic mass is 9.74. The molecule has 2 spiro atoms. The molecule has 1 amide bonds. The third kappa shape index (κ3) is 2.82. The van der Waals surface area contributed by atoms with E-state index in [-0.39, 0.29) is 11.9 Å². The third-order valence-corrected chi connectivity index (χ3v) is 6.48. The van der Waals surface area contributed by atoms with Crippen LogP contribution in [0.3, 0.4) is 0 Å². The number of carbonyl (C=O) groups is 1. The smallest absolute Gasteiger partial charge is 0.261 e. The van der Waals surface area contributed by atoms with Gasteiger partial charge in [-0.3, -0.25) is 9.69 Å². The average Bonchev–Trinajstić information content (AvgIpc) is 2.91. The highest BCUT2D eigenvalue weighted by atomic mass is 16.5. The number of nitrogens with two attached hydrogens (primary N) is 1. The van der Waals surface area contributed by atoms with Crippen LogP contribution in [-0.4, -0.2) is 42.6 Å².